The van der Waals surface area contributed by atoms with E-state index in [0.717, 1.165) is 11.3 Å². The molecule has 0 amide bonds. The molecule has 1 aliphatic carbocycles. The number of ether oxygens (including phenoxy) is 2. The van der Waals surface area contributed by atoms with Crippen molar-refractivity contribution in [2.24, 2.45) is 11.8 Å². The fourth-order valence-electron chi connectivity index (χ4n) is 4.14. The molecule has 0 aromatic heterocycles. The maximum absolute atomic E-state index is 13.4. The molecule has 148 valence electrons. The first kappa shape index (κ1) is 19.9. The fraction of sp³-hybridized carbons (Fsp3) is 0.409. The standard InChI is InChI=1S/C22H25NO5/c1-5-28-22(26)17-13(3)23-15-11-12(2)16(21(25)27-4)20(24)19(15)18(17)14-9-7-6-8-10-14/h6-10,12,16,18,23H,5,11H2,1-4H3/t12-,16+,18-/m1/s1. The predicted molar refractivity (Wildman–Crippen MR) is 103 cm³/mol. The zero-order chi connectivity index (χ0) is 20.4. The van der Waals surface area contributed by atoms with Gasteiger partial charge in [-0.3, -0.25) is 9.59 Å². The molecular weight excluding hydrogens is 358 g/mol. The lowest BCUT2D eigenvalue weighted by Gasteiger charge is -2.38. The molecule has 0 saturated heterocycles. The number of allylic oxidation sites excluding steroid dienone is 3. The van der Waals surface area contributed by atoms with Gasteiger partial charge in [0.05, 0.1) is 19.3 Å². The van der Waals surface area contributed by atoms with E-state index < -0.39 is 23.8 Å². The minimum atomic E-state index is -0.876. The maximum Gasteiger partial charge on any atom is 0.336 e. The van der Waals surface area contributed by atoms with Crippen LogP contribution in [0.1, 0.15) is 38.7 Å². The molecule has 3 atom stereocenters. The number of Topliss-reactive ketones (excluding diaryl/α,β-unsaturated/α-hetero) is 1. The van der Waals surface area contributed by atoms with Gasteiger partial charge in [-0.25, -0.2) is 4.79 Å². The summed E-state index contributed by atoms with van der Waals surface area (Å²) >= 11 is 0. The first-order chi connectivity index (χ1) is 13.4. The Kier molecular flexibility index (Phi) is 5.68. The Hall–Kier alpha value is -2.89. The molecule has 1 N–H and O–H groups in total. The number of rotatable bonds is 4. The quantitative estimate of drug-likeness (QED) is 0.636. The second-order valence-corrected chi connectivity index (χ2v) is 7.17. The number of nitrogens with one attached hydrogen (secondary N) is 1. The Labute approximate surface area is 164 Å². The number of hydrogen-bond donors (Lipinski definition) is 1. The fourth-order valence-corrected chi connectivity index (χ4v) is 4.14. The van der Waals surface area contributed by atoms with E-state index in [4.69, 9.17) is 9.47 Å². The normalized spacial score (nSPS) is 24.4. The molecule has 0 saturated carbocycles. The molecule has 28 heavy (non-hydrogen) atoms. The minimum Gasteiger partial charge on any atom is -0.468 e. The van der Waals surface area contributed by atoms with E-state index in [2.05, 4.69) is 5.32 Å². The summed E-state index contributed by atoms with van der Waals surface area (Å²) in [6.45, 7) is 5.65. The summed E-state index contributed by atoms with van der Waals surface area (Å²) in [5.41, 5.74) is 3.09. The van der Waals surface area contributed by atoms with Gasteiger partial charge < -0.3 is 14.8 Å². The van der Waals surface area contributed by atoms with Crippen LogP contribution < -0.4 is 5.32 Å². The van der Waals surface area contributed by atoms with Crippen molar-refractivity contribution < 1.29 is 23.9 Å². The predicted octanol–water partition coefficient (Wildman–Crippen LogP) is 2.86. The van der Waals surface area contributed by atoms with Crippen LogP contribution in [0.5, 0.6) is 0 Å². The summed E-state index contributed by atoms with van der Waals surface area (Å²) in [6, 6.07) is 9.37. The van der Waals surface area contributed by atoms with Crippen molar-refractivity contribution in [3.8, 4) is 0 Å². The van der Waals surface area contributed by atoms with Gasteiger partial charge in [-0.1, -0.05) is 37.3 Å². The lowest BCUT2D eigenvalue weighted by atomic mass is 9.69. The van der Waals surface area contributed by atoms with Gasteiger partial charge >= 0.3 is 11.9 Å². The largest absolute Gasteiger partial charge is 0.468 e. The van der Waals surface area contributed by atoms with Crippen molar-refractivity contribution in [2.75, 3.05) is 13.7 Å². The van der Waals surface area contributed by atoms with Crippen molar-refractivity contribution in [1.82, 2.24) is 5.32 Å². The third-order valence-corrected chi connectivity index (χ3v) is 5.37. The number of carbonyl (C=O) groups excluding carboxylic acids is 3. The summed E-state index contributed by atoms with van der Waals surface area (Å²) in [4.78, 5) is 38.5. The molecule has 3 rings (SSSR count). The molecular formula is C22H25NO5. The molecule has 0 bridgehead atoms. The van der Waals surface area contributed by atoms with E-state index in [9.17, 15) is 14.4 Å². The molecule has 2 aliphatic rings. The number of esters is 2. The van der Waals surface area contributed by atoms with Gasteiger partial charge in [-0.15, -0.1) is 0 Å². The molecule has 6 heteroatoms. The van der Waals surface area contributed by atoms with Gasteiger partial charge in [0.15, 0.2) is 5.78 Å². The number of dihydropyridines is 1. The molecule has 1 heterocycles. The molecule has 0 fully saturated rings. The molecule has 0 spiro atoms. The Balaban J connectivity index is 2.17. The summed E-state index contributed by atoms with van der Waals surface area (Å²) in [6.07, 6.45) is 0.525. The lowest BCUT2D eigenvalue weighted by Crippen LogP contribution is -2.43. The Morgan fingerprint density at radius 1 is 1.21 bits per heavy atom. The molecule has 0 radical (unpaired) electrons. The van der Waals surface area contributed by atoms with Crippen LogP contribution in [-0.4, -0.2) is 31.4 Å². The summed E-state index contributed by atoms with van der Waals surface area (Å²) in [5, 5.41) is 3.23. The lowest BCUT2D eigenvalue weighted by molar-refractivity contribution is -0.151. The molecule has 1 aliphatic heterocycles. The smallest absolute Gasteiger partial charge is 0.336 e. The number of methoxy groups -OCH3 is 1. The van der Waals surface area contributed by atoms with Crippen molar-refractivity contribution in [3.63, 3.8) is 0 Å². The minimum absolute atomic E-state index is 0.195. The number of carbonyl (C=O) groups is 3. The van der Waals surface area contributed by atoms with Gasteiger partial charge in [-0.2, -0.15) is 0 Å². The van der Waals surface area contributed by atoms with E-state index in [1.54, 1.807) is 6.92 Å². The third kappa shape index (κ3) is 3.35. The van der Waals surface area contributed by atoms with Crippen LogP contribution in [0.25, 0.3) is 0 Å². The Morgan fingerprint density at radius 3 is 2.50 bits per heavy atom. The van der Waals surface area contributed by atoms with Crippen LogP contribution in [0, 0.1) is 11.8 Å². The highest BCUT2D eigenvalue weighted by Gasteiger charge is 2.47. The van der Waals surface area contributed by atoms with Crippen LogP contribution >= 0.6 is 0 Å². The van der Waals surface area contributed by atoms with Gasteiger partial charge in [-0.05, 0) is 31.7 Å². The highest BCUT2D eigenvalue weighted by atomic mass is 16.5. The van der Waals surface area contributed by atoms with Crippen molar-refractivity contribution >= 4 is 17.7 Å². The second kappa shape index (κ2) is 8.00. The van der Waals surface area contributed by atoms with Gasteiger partial charge in [0.25, 0.3) is 0 Å². The topological polar surface area (TPSA) is 81.7 Å². The highest BCUT2D eigenvalue weighted by molar-refractivity contribution is 6.12. The van der Waals surface area contributed by atoms with Gasteiger partial charge in [0.2, 0.25) is 0 Å². The van der Waals surface area contributed by atoms with Crippen molar-refractivity contribution in [2.45, 2.75) is 33.1 Å². The maximum atomic E-state index is 13.4. The van der Waals surface area contributed by atoms with Crippen molar-refractivity contribution in [1.29, 1.82) is 0 Å². The Bertz CT molecular complexity index is 868. The monoisotopic (exact) mass is 383 g/mol. The summed E-state index contributed by atoms with van der Waals surface area (Å²) < 4.78 is 10.2. The number of hydrogen-bond acceptors (Lipinski definition) is 6. The number of benzene rings is 1. The van der Waals surface area contributed by atoms with Crippen LogP contribution in [0.4, 0.5) is 0 Å². The SMILES string of the molecule is CCOC(=O)C1=C(C)NC2=C(C(=O)[C@@H](C(=O)OC)[C@H](C)C2)[C@@H]1c1ccccc1. The Morgan fingerprint density at radius 2 is 1.89 bits per heavy atom. The molecule has 1 aromatic carbocycles. The summed E-state index contributed by atoms with van der Waals surface area (Å²) in [7, 11) is 1.29. The van der Waals surface area contributed by atoms with Crippen LogP contribution in [0.2, 0.25) is 0 Å². The molecule has 6 nitrogen and oxygen atoms in total. The van der Waals surface area contributed by atoms with E-state index in [-0.39, 0.29) is 18.3 Å². The highest BCUT2D eigenvalue weighted by Crippen LogP contribution is 2.45. The first-order valence-electron chi connectivity index (χ1n) is 9.45. The number of ketones is 1. The van der Waals surface area contributed by atoms with Crippen LogP contribution in [-0.2, 0) is 23.9 Å². The average molecular weight is 383 g/mol. The molecule has 0 unspecified atom stereocenters. The van der Waals surface area contributed by atoms with E-state index in [0.29, 0.717) is 23.3 Å². The van der Waals surface area contributed by atoms with Crippen LogP contribution in [0.3, 0.4) is 0 Å². The van der Waals surface area contributed by atoms with Gasteiger partial charge in [0, 0.05) is 22.9 Å². The zero-order valence-electron chi connectivity index (χ0n) is 16.6. The zero-order valence-corrected chi connectivity index (χ0v) is 16.6. The van der Waals surface area contributed by atoms with E-state index in [1.807, 2.05) is 44.2 Å². The summed E-state index contributed by atoms with van der Waals surface area (Å²) in [5.74, 6) is -2.95. The van der Waals surface area contributed by atoms with Gasteiger partial charge in [0.1, 0.15) is 5.92 Å². The average Bonchev–Trinajstić information content (AvgIpc) is 2.67. The van der Waals surface area contributed by atoms with E-state index >= 15 is 0 Å². The second-order valence-electron chi connectivity index (χ2n) is 7.17. The van der Waals surface area contributed by atoms with E-state index in [1.165, 1.54) is 7.11 Å². The van der Waals surface area contributed by atoms with Crippen molar-refractivity contribution in [3.05, 3.63) is 58.4 Å². The third-order valence-electron chi connectivity index (χ3n) is 5.37. The first-order valence-corrected chi connectivity index (χ1v) is 9.45. The van der Waals surface area contributed by atoms with Crippen LogP contribution in [0.15, 0.2) is 52.9 Å². The molecule has 1 aromatic rings.